The SMILES string of the molecule is CCn1c(C(=O)O)cc(=O)c2cc(F)c(-c3csc(CN)n3)c(F)c21. The minimum absolute atomic E-state index is 0.0539. The highest BCUT2D eigenvalue weighted by Gasteiger charge is 2.23. The quantitative estimate of drug-likeness (QED) is 0.740. The second-order valence-corrected chi connectivity index (χ2v) is 6.16. The normalized spacial score (nSPS) is 11.2. The zero-order valence-corrected chi connectivity index (χ0v) is 13.9. The molecule has 3 aromatic rings. The first-order valence-corrected chi connectivity index (χ1v) is 8.20. The van der Waals surface area contributed by atoms with Gasteiger partial charge in [0, 0.05) is 24.5 Å². The lowest BCUT2D eigenvalue weighted by Crippen LogP contribution is -2.19. The van der Waals surface area contributed by atoms with E-state index in [1.165, 1.54) is 5.38 Å². The molecule has 0 radical (unpaired) electrons. The van der Waals surface area contributed by atoms with Crippen molar-refractivity contribution in [3.8, 4) is 11.3 Å². The number of aromatic carboxylic acids is 1. The van der Waals surface area contributed by atoms with Gasteiger partial charge in [-0.05, 0) is 13.0 Å². The Bertz CT molecular complexity index is 1060. The molecule has 0 saturated heterocycles. The third-order valence-electron chi connectivity index (χ3n) is 3.80. The van der Waals surface area contributed by atoms with Gasteiger partial charge < -0.3 is 15.4 Å². The van der Waals surface area contributed by atoms with E-state index in [0.29, 0.717) is 5.01 Å². The van der Waals surface area contributed by atoms with E-state index in [0.717, 1.165) is 28.0 Å². The Morgan fingerprint density at radius 3 is 2.68 bits per heavy atom. The molecule has 0 aliphatic carbocycles. The highest BCUT2D eigenvalue weighted by Crippen LogP contribution is 2.32. The molecular formula is C16H13F2N3O3S. The van der Waals surface area contributed by atoms with Crippen LogP contribution in [0.15, 0.2) is 22.3 Å². The molecule has 0 spiro atoms. The Labute approximate surface area is 144 Å². The molecule has 1 aromatic carbocycles. The standard InChI is InChI=1S/C16H13F2N3O3S/c1-2-21-10(16(23)24)4-11(22)7-3-8(17)13(14(18)15(7)21)9-6-25-12(5-19)20-9/h3-4,6H,2,5,19H2,1H3,(H,23,24). The van der Waals surface area contributed by atoms with Crippen LogP contribution in [0.4, 0.5) is 8.78 Å². The zero-order valence-electron chi connectivity index (χ0n) is 13.0. The number of fused-ring (bicyclic) bond motifs is 1. The number of aromatic nitrogens is 2. The molecule has 130 valence electrons. The summed E-state index contributed by atoms with van der Waals surface area (Å²) < 4.78 is 30.8. The Balaban J connectivity index is 2.45. The van der Waals surface area contributed by atoms with Gasteiger partial charge in [-0.1, -0.05) is 0 Å². The van der Waals surface area contributed by atoms with E-state index < -0.39 is 28.6 Å². The maximum absolute atomic E-state index is 15.1. The van der Waals surface area contributed by atoms with E-state index in [4.69, 9.17) is 5.73 Å². The van der Waals surface area contributed by atoms with Crippen molar-refractivity contribution < 1.29 is 18.7 Å². The van der Waals surface area contributed by atoms with Crippen LogP contribution in [-0.2, 0) is 13.1 Å². The summed E-state index contributed by atoms with van der Waals surface area (Å²) >= 11 is 1.16. The molecule has 3 rings (SSSR count). The van der Waals surface area contributed by atoms with Crippen molar-refractivity contribution in [2.75, 3.05) is 0 Å². The number of carbonyl (C=O) groups is 1. The van der Waals surface area contributed by atoms with Crippen molar-refractivity contribution in [1.82, 2.24) is 9.55 Å². The molecule has 0 aliphatic heterocycles. The van der Waals surface area contributed by atoms with Gasteiger partial charge in [0.1, 0.15) is 16.5 Å². The van der Waals surface area contributed by atoms with E-state index in [1.807, 2.05) is 0 Å². The first kappa shape index (κ1) is 17.2. The fraction of sp³-hybridized carbons (Fsp3) is 0.188. The lowest BCUT2D eigenvalue weighted by atomic mass is 10.1. The number of nitrogens with zero attached hydrogens (tertiary/aromatic N) is 2. The highest BCUT2D eigenvalue weighted by atomic mass is 32.1. The monoisotopic (exact) mass is 365 g/mol. The molecule has 25 heavy (non-hydrogen) atoms. The molecule has 0 atom stereocenters. The van der Waals surface area contributed by atoms with Crippen molar-refractivity contribution in [2.24, 2.45) is 5.73 Å². The average Bonchev–Trinajstić information content (AvgIpc) is 3.03. The topological polar surface area (TPSA) is 98.2 Å². The van der Waals surface area contributed by atoms with Gasteiger partial charge in [0.2, 0.25) is 0 Å². The summed E-state index contributed by atoms with van der Waals surface area (Å²) in [6.45, 7) is 1.82. The summed E-state index contributed by atoms with van der Waals surface area (Å²) in [5.41, 5.74) is 3.74. The molecule has 2 aromatic heterocycles. The van der Waals surface area contributed by atoms with E-state index in [2.05, 4.69) is 4.98 Å². The molecule has 0 bridgehead atoms. The van der Waals surface area contributed by atoms with Crippen LogP contribution in [-0.4, -0.2) is 20.6 Å². The van der Waals surface area contributed by atoms with Gasteiger partial charge >= 0.3 is 5.97 Å². The van der Waals surface area contributed by atoms with Gasteiger partial charge in [0.25, 0.3) is 0 Å². The number of thiazole rings is 1. The van der Waals surface area contributed by atoms with Crippen molar-refractivity contribution >= 4 is 28.2 Å². The highest BCUT2D eigenvalue weighted by molar-refractivity contribution is 7.09. The summed E-state index contributed by atoms with van der Waals surface area (Å²) in [5.74, 6) is -3.34. The van der Waals surface area contributed by atoms with Crippen LogP contribution >= 0.6 is 11.3 Å². The molecule has 0 saturated carbocycles. The third kappa shape index (κ3) is 2.71. The summed E-state index contributed by atoms with van der Waals surface area (Å²) in [7, 11) is 0. The zero-order chi connectivity index (χ0) is 18.3. The lowest BCUT2D eigenvalue weighted by molar-refractivity contribution is 0.0685. The van der Waals surface area contributed by atoms with Crippen LogP contribution in [0.1, 0.15) is 22.4 Å². The van der Waals surface area contributed by atoms with Crippen molar-refractivity contribution in [1.29, 1.82) is 0 Å². The van der Waals surface area contributed by atoms with Crippen LogP contribution < -0.4 is 11.2 Å². The smallest absolute Gasteiger partial charge is 0.352 e. The Kier molecular flexibility index (Phi) is 4.36. The molecule has 0 amide bonds. The van der Waals surface area contributed by atoms with Crippen molar-refractivity contribution in [3.05, 3.63) is 50.1 Å². The third-order valence-corrected chi connectivity index (χ3v) is 4.68. The summed E-state index contributed by atoms with van der Waals surface area (Å²) in [4.78, 5) is 27.6. The molecule has 3 N–H and O–H groups in total. The van der Waals surface area contributed by atoms with Crippen LogP contribution in [0.2, 0.25) is 0 Å². The minimum Gasteiger partial charge on any atom is -0.477 e. The van der Waals surface area contributed by atoms with Gasteiger partial charge in [-0.15, -0.1) is 11.3 Å². The fourth-order valence-electron chi connectivity index (χ4n) is 2.72. The van der Waals surface area contributed by atoms with Crippen LogP contribution in [0, 0.1) is 11.6 Å². The van der Waals surface area contributed by atoms with Gasteiger partial charge in [-0.25, -0.2) is 18.6 Å². The minimum atomic E-state index is -1.37. The largest absolute Gasteiger partial charge is 0.477 e. The number of carboxylic acid groups (broad SMARTS) is 1. The Morgan fingerprint density at radius 2 is 2.12 bits per heavy atom. The van der Waals surface area contributed by atoms with E-state index in [1.54, 1.807) is 6.92 Å². The van der Waals surface area contributed by atoms with Gasteiger partial charge in [0.05, 0.1) is 22.2 Å². The summed E-state index contributed by atoms with van der Waals surface area (Å²) in [6.07, 6.45) is 0. The number of benzene rings is 1. The Morgan fingerprint density at radius 1 is 1.40 bits per heavy atom. The molecule has 0 aliphatic rings. The van der Waals surface area contributed by atoms with Gasteiger partial charge in [-0.2, -0.15) is 0 Å². The average molecular weight is 365 g/mol. The number of hydrogen-bond acceptors (Lipinski definition) is 5. The Hall–Kier alpha value is -2.65. The second kappa shape index (κ2) is 6.34. The number of hydrogen-bond donors (Lipinski definition) is 2. The number of rotatable bonds is 4. The number of carboxylic acids is 1. The van der Waals surface area contributed by atoms with E-state index >= 15 is 4.39 Å². The number of aryl methyl sites for hydroxylation is 1. The predicted molar refractivity (Wildman–Crippen MR) is 89.8 cm³/mol. The summed E-state index contributed by atoms with van der Waals surface area (Å²) in [5, 5.41) is 11.0. The number of nitrogens with two attached hydrogens (primary N) is 1. The summed E-state index contributed by atoms with van der Waals surface area (Å²) in [6, 6.07) is 1.78. The van der Waals surface area contributed by atoms with Crippen LogP contribution in [0.25, 0.3) is 22.2 Å². The maximum atomic E-state index is 15.1. The van der Waals surface area contributed by atoms with E-state index in [-0.39, 0.29) is 35.4 Å². The number of halogens is 2. The van der Waals surface area contributed by atoms with Crippen LogP contribution in [0.3, 0.4) is 0 Å². The first-order valence-electron chi connectivity index (χ1n) is 7.32. The predicted octanol–water partition coefficient (Wildman–Crippen LogP) is 2.58. The van der Waals surface area contributed by atoms with Gasteiger partial charge in [-0.3, -0.25) is 4.79 Å². The van der Waals surface area contributed by atoms with Gasteiger partial charge in [0.15, 0.2) is 11.2 Å². The molecule has 6 nitrogen and oxygen atoms in total. The lowest BCUT2D eigenvalue weighted by Gasteiger charge is -2.15. The molecule has 2 heterocycles. The molecule has 9 heteroatoms. The second-order valence-electron chi connectivity index (χ2n) is 5.22. The maximum Gasteiger partial charge on any atom is 0.352 e. The number of pyridine rings is 1. The molecular weight excluding hydrogens is 352 g/mol. The van der Waals surface area contributed by atoms with E-state index in [9.17, 15) is 19.1 Å². The molecule has 0 fully saturated rings. The fourth-order valence-corrected chi connectivity index (χ4v) is 3.39. The van der Waals surface area contributed by atoms with Crippen molar-refractivity contribution in [2.45, 2.75) is 20.0 Å². The van der Waals surface area contributed by atoms with Crippen LogP contribution in [0.5, 0.6) is 0 Å². The van der Waals surface area contributed by atoms with Crippen molar-refractivity contribution in [3.63, 3.8) is 0 Å². The first-order chi connectivity index (χ1) is 11.9. The molecule has 0 unspecified atom stereocenters.